The minimum atomic E-state index is -4.49. The van der Waals surface area contributed by atoms with E-state index in [1.807, 2.05) is 6.92 Å². The average molecular weight is 481 g/mol. The number of alkyl halides is 3. The van der Waals surface area contributed by atoms with Crippen LogP contribution in [0.2, 0.25) is 0 Å². The van der Waals surface area contributed by atoms with E-state index in [9.17, 15) is 22.8 Å². The SMILES string of the molecule is CC1C2C(NC(N)=O)c3ccc(C(F)(F)F)cc3CN2C(=O)[C@]12CC[C@@H](NC1CCOCC1)C2. The monoisotopic (exact) mass is 480 g/mol. The van der Waals surface area contributed by atoms with E-state index < -0.39 is 29.2 Å². The number of benzene rings is 1. The zero-order valence-corrected chi connectivity index (χ0v) is 19.2. The van der Waals surface area contributed by atoms with E-state index in [1.54, 1.807) is 4.90 Å². The summed E-state index contributed by atoms with van der Waals surface area (Å²) in [6.07, 6.45) is -0.324. The molecular weight excluding hydrogens is 449 g/mol. The van der Waals surface area contributed by atoms with Gasteiger partial charge >= 0.3 is 12.2 Å². The molecule has 3 fully saturated rings. The van der Waals surface area contributed by atoms with Crippen LogP contribution in [0.5, 0.6) is 0 Å². The topological polar surface area (TPSA) is 96.7 Å². The van der Waals surface area contributed by atoms with Crippen molar-refractivity contribution >= 4 is 11.9 Å². The first-order chi connectivity index (χ1) is 16.1. The number of fused-ring (bicyclic) bond motifs is 2. The molecule has 4 aliphatic rings. The maximum Gasteiger partial charge on any atom is 0.416 e. The van der Waals surface area contributed by atoms with Gasteiger partial charge in [0.15, 0.2) is 0 Å². The van der Waals surface area contributed by atoms with Gasteiger partial charge < -0.3 is 26.0 Å². The number of nitrogens with two attached hydrogens (primary N) is 1. The Bertz CT molecular complexity index is 981. The molecule has 5 atom stereocenters. The van der Waals surface area contributed by atoms with Gasteiger partial charge in [0.25, 0.3) is 0 Å². The normalized spacial score (nSPS) is 33.8. The molecule has 1 aliphatic carbocycles. The van der Waals surface area contributed by atoms with Gasteiger partial charge in [-0.15, -0.1) is 0 Å². The van der Waals surface area contributed by atoms with Crippen LogP contribution in [0, 0.1) is 11.3 Å². The Morgan fingerprint density at radius 1 is 1.21 bits per heavy atom. The van der Waals surface area contributed by atoms with Crippen molar-refractivity contribution in [2.45, 2.75) is 75.9 Å². The van der Waals surface area contributed by atoms with Crippen molar-refractivity contribution in [3.63, 3.8) is 0 Å². The Balaban J connectivity index is 1.44. The molecule has 3 heterocycles. The molecule has 1 spiro atoms. The van der Waals surface area contributed by atoms with Crippen LogP contribution in [0.4, 0.5) is 18.0 Å². The number of hydrogen-bond acceptors (Lipinski definition) is 4. The molecular formula is C24H31F3N4O3. The zero-order valence-electron chi connectivity index (χ0n) is 19.2. The minimum absolute atomic E-state index is 0.0272. The number of carbonyl (C=O) groups is 2. The molecule has 186 valence electrons. The predicted molar refractivity (Wildman–Crippen MR) is 117 cm³/mol. The highest BCUT2D eigenvalue weighted by molar-refractivity contribution is 5.87. The third-order valence-corrected chi connectivity index (χ3v) is 8.46. The first-order valence-corrected chi connectivity index (χ1v) is 12.0. The standard InChI is InChI=1S/C24H31F3N4O3/c1-13-20-19(30-22(28)33)18-3-2-15(24(25,26)27)10-14(18)12-31(20)21(32)23(13)7-4-17(11-23)29-16-5-8-34-9-6-16/h2-3,10,13,16-17,19-20,29H,4-9,11-12H2,1H3,(H3,28,30,33)/t13?,17-,19?,20?,23+/m1/s1. The number of halogens is 3. The second-order valence-corrected chi connectivity index (χ2v) is 10.3. The van der Waals surface area contributed by atoms with Crippen molar-refractivity contribution in [1.29, 1.82) is 0 Å². The van der Waals surface area contributed by atoms with Crippen LogP contribution in [0.25, 0.3) is 0 Å². The van der Waals surface area contributed by atoms with Gasteiger partial charge in [0, 0.05) is 31.8 Å². The maximum absolute atomic E-state index is 13.8. The average Bonchev–Trinajstić information content (AvgIpc) is 3.29. The van der Waals surface area contributed by atoms with Gasteiger partial charge in [-0.25, -0.2) is 4.79 Å². The number of rotatable bonds is 3. The van der Waals surface area contributed by atoms with Gasteiger partial charge in [-0.1, -0.05) is 13.0 Å². The van der Waals surface area contributed by atoms with E-state index in [2.05, 4.69) is 10.6 Å². The highest BCUT2D eigenvalue weighted by Crippen LogP contribution is 2.56. The molecule has 3 unspecified atom stereocenters. The van der Waals surface area contributed by atoms with Gasteiger partial charge in [-0.2, -0.15) is 13.2 Å². The quantitative estimate of drug-likeness (QED) is 0.620. The number of amides is 3. The summed E-state index contributed by atoms with van der Waals surface area (Å²) in [5, 5.41) is 6.45. The van der Waals surface area contributed by atoms with Crippen molar-refractivity contribution in [1.82, 2.24) is 15.5 Å². The Kier molecular flexibility index (Phi) is 5.79. The fourth-order valence-electron chi connectivity index (χ4n) is 6.79. The van der Waals surface area contributed by atoms with Gasteiger partial charge in [0.2, 0.25) is 5.91 Å². The lowest BCUT2D eigenvalue weighted by atomic mass is 9.72. The lowest BCUT2D eigenvalue weighted by Gasteiger charge is -2.40. The Morgan fingerprint density at radius 2 is 1.94 bits per heavy atom. The van der Waals surface area contributed by atoms with Crippen LogP contribution >= 0.6 is 0 Å². The molecule has 0 bridgehead atoms. The van der Waals surface area contributed by atoms with Crippen LogP contribution in [0.1, 0.15) is 61.8 Å². The van der Waals surface area contributed by atoms with Crippen LogP contribution < -0.4 is 16.4 Å². The second-order valence-electron chi connectivity index (χ2n) is 10.3. The number of urea groups is 1. The van der Waals surface area contributed by atoms with Crippen LogP contribution in [-0.2, 0) is 22.3 Å². The molecule has 0 radical (unpaired) electrons. The van der Waals surface area contributed by atoms with E-state index in [0.29, 0.717) is 30.0 Å². The fourth-order valence-corrected chi connectivity index (χ4v) is 6.79. The summed E-state index contributed by atoms with van der Waals surface area (Å²) < 4.78 is 45.5. The van der Waals surface area contributed by atoms with Crippen molar-refractivity contribution < 1.29 is 27.5 Å². The zero-order chi connectivity index (χ0) is 24.3. The Labute approximate surface area is 196 Å². The van der Waals surface area contributed by atoms with Gasteiger partial charge in [-0.3, -0.25) is 4.79 Å². The lowest BCUT2D eigenvalue weighted by molar-refractivity contribution is -0.138. The first kappa shape index (κ1) is 23.4. The molecule has 34 heavy (non-hydrogen) atoms. The van der Waals surface area contributed by atoms with E-state index in [0.717, 1.165) is 44.6 Å². The molecule has 1 aromatic carbocycles. The van der Waals surface area contributed by atoms with E-state index in [1.165, 1.54) is 6.07 Å². The number of nitrogens with one attached hydrogen (secondary N) is 2. The number of primary amides is 1. The van der Waals surface area contributed by atoms with Crippen molar-refractivity contribution in [2.75, 3.05) is 13.2 Å². The first-order valence-electron chi connectivity index (χ1n) is 12.0. The van der Waals surface area contributed by atoms with Gasteiger partial charge in [0.05, 0.1) is 23.1 Å². The lowest BCUT2D eigenvalue weighted by Crippen LogP contribution is -2.50. The predicted octanol–water partition coefficient (Wildman–Crippen LogP) is 3.08. The third-order valence-electron chi connectivity index (χ3n) is 8.46. The summed E-state index contributed by atoms with van der Waals surface area (Å²) in [6.45, 7) is 3.60. The van der Waals surface area contributed by atoms with E-state index in [4.69, 9.17) is 10.5 Å². The van der Waals surface area contributed by atoms with E-state index >= 15 is 0 Å². The number of nitrogens with zero attached hydrogens (tertiary/aromatic N) is 1. The minimum Gasteiger partial charge on any atom is -0.381 e. The molecule has 0 aromatic heterocycles. The fraction of sp³-hybridized carbons (Fsp3) is 0.667. The molecule has 4 N–H and O–H groups in total. The number of carbonyl (C=O) groups excluding carboxylic acids is 2. The summed E-state index contributed by atoms with van der Waals surface area (Å²) in [6, 6.07) is 2.36. The molecule has 2 saturated heterocycles. The summed E-state index contributed by atoms with van der Waals surface area (Å²) in [5.74, 6) is -0.116. The smallest absolute Gasteiger partial charge is 0.381 e. The van der Waals surface area contributed by atoms with Crippen LogP contribution in [0.15, 0.2) is 18.2 Å². The molecule has 5 rings (SSSR count). The molecule has 10 heteroatoms. The maximum atomic E-state index is 13.8. The highest BCUT2D eigenvalue weighted by atomic mass is 19.4. The van der Waals surface area contributed by atoms with Crippen molar-refractivity contribution in [3.05, 3.63) is 34.9 Å². The highest BCUT2D eigenvalue weighted by Gasteiger charge is 2.62. The molecule has 3 aliphatic heterocycles. The Hall–Kier alpha value is -2.33. The largest absolute Gasteiger partial charge is 0.416 e. The summed E-state index contributed by atoms with van der Waals surface area (Å²) in [4.78, 5) is 27.4. The van der Waals surface area contributed by atoms with Gasteiger partial charge in [-0.05, 0) is 61.3 Å². The third kappa shape index (κ3) is 3.84. The Morgan fingerprint density at radius 3 is 2.62 bits per heavy atom. The van der Waals surface area contributed by atoms with E-state index in [-0.39, 0.29) is 30.5 Å². The molecule has 1 saturated carbocycles. The van der Waals surface area contributed by atoms with Gasteiger partial charge in [0.1, 0.15) is 0 Å². The summed E-state index contributed by atoms with van der Waals surface area (Å²) >= 11 is 0. The summed E-state index contributed by atoms with van der Waals surface area (Å²) in [7, 11) is 0. The van der Waals surface area contributed by atoms with Crippen molar-refractivity contribution in [3.8, 4) is 0 Å². The second kappa shape index (κ2) is 8.41. The number of ether oxygens (including phenoxy) is 1. The molecule has 3 amide bonds. The molecule has 7 nitrogen and oxygen atoms in total. The van der Waals surface area contributed by atoms with Crippen LogP contribution in [0.3, 0.4) is 0 Å². The van der Waals surface area contributed by atoms with Crippen molar-refractivity contribution in [2.24, 2.45) is 17.1 Å². The summed E-state index contributed by atoms with van der Waals surface area (Å²) in [5.41, 5.74) is 5.09. The molecule has 1 aromatic rings. The van der Waals surface area contributed by atoms with Crippen LogP contribution in [-0.4, -0.2) is 48.2 Å². The number of hydrogen-bond donors (Lipinski definition) is 3.